The second-order valence-corrected chi connectivity index (χ2v) is 31.8. The average molecular weight is 1160 g/mol. The van der Waals surface area contributed by atoms with Gasteiger partial charge >= 0.3 is 23.9 Å². The molecule has 86 heavy (non-hydrogen) atoms. The van der Waals surface area contributed by atoms with Crippen LogP contribution in [0.5, 0.6) is 0 Å². The summed E-state index contributed by atoms with van der Waals surface area (Å²) in [5, 5.41) is 0. The zero-order chi connectivity index (χ0) is 60.7. The van der Waals surface area contributed by atoms with Gasteiger partial charge in [0.1, 0.15) is 24.4 Å². The average Bonchev–Trinajstić information content (AvgIpc) is 1.57. The maximum Gasteiger partial charge on any atom is 0.339 e. The van der Waals surface area contributed by atoms with E-state index in [9.17, 15) is 0 Å². The van der Waals surface area contributed by atoms with Gasteiger partial charge in [-0.2, -0.15) is 0 Å². The van der Waals surface area contributed by atoms with E-state index in [1.165, 1.54) is 34.4 Å². The van der Waals surface area contributed by atoms with E-state index in [2.05, 4.69) is 180 Å². The maximum atomic E-state index is 16.1. The Bertz CT molecular complexity index is 2970. The van der Waals surface area contributed by atoms with Gasteiger partial charge in [0.25, 0.3) is 0 Å². The molecule has 454 valence electrons. The van der Waals surface area contributed by atoms with E-state index in [0.29, 0.717) is 0 Å². The van der Waals surface area contributed by atoms with Crippen LogP contribution >= 0.6 is 0 Å². The molecular formula is C78H94O8. The molecule has 0 aliphatic heterocycles. The molecule has 13 rings (SSSR count). The summed E-state index contributed by atoms with van der Waals surface area (Å²) in [6, 6.07) is 44.8. The number of carbonyl (C=O) groups excluding carboxylic acids is 4. The number of hydrogen-bond donors (Lipinski definition) is 0. The van der Waals surface area contributed by atoms with Crippen molar-refractivity contribution in [3.8, 4) is 0 Å². The lowest BCUT2D eigenvalue weighted by Crippen LogP contribution is -2.43. The number of carbonyl (C=O) groups is 4. The smallest absolute Gasteiger partial charge is 0.339 e. The first kappa shape index (κ1) is 59.0. The van der Waals surface area contributed by atoms with Crippen molar-refractivity contribution in [2.45, 2.75) is 185 Å². The summed E-state index contributed by atoms with van der Waals surface area (Å²) in [4.78, 5) is 64.3. The highest BCUT2D eigenvalue weighted by Gasteiger charge is 2.71. The van der Waals surface area contributed by atoms with E-state index < -0.39 is 48.3 Å². The van der Waals surface area contributed by atoms with Crippen LogP contribution in [0.15, 0.2) is 133 Å². The third-order valence-corrected chi connectivity index (χ3v) is 27.9. The molecule has 0 N–H and O–H groups in total. The first-order valence-corrected chi connectivity index (χ1v) is 32.9. The third kappa shape index (κ3) is 8.74. The van der Waals surface area contributed by atoms with E-state index in [4.69, 9.17) is 18.9 Å². The molecule has 5 aromatic carbocycles. The van der Waals surface area contributed by atoms with Crippen LogP contribution in [0.3, 0.4) is 0 Å². The van der Waals surface area contributed by atoms with Gasteiger partial charge in [0.2, 0.25) is 0 Å². The molecule has 8 bridgehead atoms. The first-order valence-electron chi connectivity index (χ1n) is 32.9. The minimum Gasteiger partial charge on any atom is -0.458 e. The van der Waals surface area contributed by atoms with Crippen LogP contribution in [0, 0.1) is 90.7 Å². The van der Waals surface area contributed by atoms with Gasteiger partial charge in [-0.3, -0.25) is 0 Å². The van der Waals surface area contributed by atoms with Crippen molar-refractivity contribution in [2.75, 3.05) is 0 Å². The number of benzene rings is 5. The fourth-order valence-electron chi connectivity index (χ4n) is 21.4. The Balaban J connectivity index is 0.951. The van der Waals surface area contributed by atoms with E-state index >= 15 is 19.2 Å². The summed E-state index contributed by atoms with van der Waals surface area (Å²) in [5.41, 5.74) is 2.15. The molecule has 16 atom stereocenters. The molecule has 0 radical (unpaired) electrons. The molecule has 8 aliphatic carbocycles. The zero-order valence-electron chi connectivity index (χ0n) is 53.4. The van der Waals surface area contributed by atoms with Crippen LogP contribution < -0.4 is 0 Å². The minimum absolute atomic E-state index is 0.00113. The number of esters is 4. The van der Waals surface area contributed by atoms with Crippen LogP contribution in [-0.4, -0.2) is 48.3 Å². The minimum atomic E-state index is -0.709. The van der Waals surface area contributed by atoms with Crippen LogP contribution in [-0.2, 0) is 44.6 Å². The second kappa shape index (κ2) is 20.8. The Kier molecular flexibility index (Phi) is 14.3. The Labute approximate surface area is 512 Å². The molecule has 0 amide bonds. The quantitative estimate of drug-likeness (QED) is 0.0711. The highest BCUT2D eigenvalue weighted by Crippen LogP contribution is 2.73. The van der Waals surface area contributed by atoms with Crippen LogP contribution in [0.2, 0.25) is 0 Å². The van der Waals surface area contributed by atoms with Crippen LogP contribution in [0.25, 0.3) is 0 Å². The summed E-state index contributed by atoms with van der Waals surface area (Å²) in [6.45, 7) is 27.6. The van der Waals surface area contributed by atoms with E-state index in [1.54, 1.807) is 0 Å². The highest BCUT2D eigenvalue weighted by atomic mass is 16.6. The largest absolute Gasteiger partial charge is 0.458 e. The lowest BCUT2D eigenvalue weighted by Gasteiger charge is -2.40. The van der Waals surface area contributed by atoms with Gasteiger partial charge in [-0.15, -0.1) is 0 Å². The molecule has 0 heterocycles. The predicted molar refractivity (Wildman–Crippen MR) is 336 cm³/mol. The number of hydrogen-bond acceptors (Lipinski definition) is 8. The topological polar surface area (TPSA) is 105 Å². The van der Waals surface area contributed by atoms with Crippen LogP contribution in [0.4, 0.5) is 0 Å². The molecule has 5 aromatic rings. The molecule has 8 fully saturated rings. The lowest BCUT2D eigenvalue weighted by molar-refractivity contribution is -0.0450. The molecule has 0 spiro atoms. The fourth-order valence-corrected chi connectivity index (χ4v) is 21.4. The standard InChI is InChI=1S/C78H94O8/c1-71(2)59-33-37-75(71,9)63(55(59)41-47-25-17-13-18-26-47)83-67(79)51-45-53(69(81)85-65-57(43-49-29-21-15-22-30-49)61-35-39-77(65,11)73(61,5)6)54(70(82)86-66-58(44-50-31-23-16-24-32-50)62-36-40-78(66,12)74(62,7)8)46-52(51)68(80)84-64-56(42-48-27-19-14-20-28-48)60-34-38-76(64,10)72(60,3)4/h13-32,45-46,55-66H,33-44H2,1-12H3/t55-,56-,57-,58-,59?,60?,61?,62?,63+,64+,65+,66+,75-,76-,77-,78-/m1/s1. The number of rotatable bonds is 16. The van der Waals surface area contributed by atoms with Crippen molar-refractivity contribution in [2.24, 2.45) is 90.7 Å². The number of ether oxygens (including phenoxy) is 4. The summed E-state index contributed by atoms with van der Waals surface area (Å²) < 4.78 is 28.3. The Morgan fingerprint density at radius 1 is 0.314 bits per heavy atom. The van der Waals surface area contributed by atoms with Crippen molar-refractivity contribution in [1.82, 2.24) is 0 Å². The lowest BCUT2D eigenvalue weighted by atomic mass is 9.70. The monoisotopic (exact) mass is 1160 g/mol. The Morgan fingerprint density at radius 2 is 0.500 bits per heavy atom. The van der Waals surface area contributed by atoms with Crippen molar-refractivity contribution < 1.29 is 38.1 Å². The van der Waals surface area contributed by atoms with Gasteiger partial charge < -0.3 is 18.9 Å². The summed E-state index contributed by atoms with van der Waals surface area (Å²) in [7, 11) is 0. The second-order valence-electron chi connectivity index (χ2n) is 31.8. The van der Waals surface area contributed by atoms with Gasteiger partial charge in [0, 0.05) is 45.3 Å². The summed E-state index contributed by atoms with van der Waals surface area (Å²) in [6.07, 6.45) is 8.50. The SMILES string of the molecule is CC1(C)C2CC[C@]1(C)[C@@H](OC(=O)c1cc(C(=O)O[C@H]3[C@H](Cc4ccccc4)C4CC[C@@]3(C)C4(C)C)c(C(=O)O[C@H]3[C@H](Cc4ccccc4)C4CC[C@@]3(C)C4(C)C)cc1C(=O)O[C@H]1[C@H](Cc3ccccc3)C3CC[C@@]1(C)C3(C)C)[C@@H]2Cc1ccccc1. The van der Waals surface area contributed by atoms with E-state index in [-0.39, 0.29) is 113 Å². The van der Waals surface area contributed by atoms with Crippen molar-refractivity contribution in [3.05, 3.63) is 178 Å². The number of fused-ring (bicyclic) bond motifs is 8. The molecule has 8 saturated carbocycles. The molecular weight excluding hydrogens is 1060 g/mol. The summed E-state index contributed by atoms with van der Waals surface area (Å²) in [5.74, 6) is -1.73. The molecule has 8 heteroatoms. The molecule has 0 saturated heterocycles. The molecule has 8 nitrogen and oxygen atoms in total. The van der Waals surface area contributed by atoms with Crippen molar-refractivity contribution in [1.29, 1.82) is 0 Å². The van der Waals surface area contributed by atoms with Crippen molar-refractivity contribution >= 4 is 23.9 Å². The van der Waals surface area contributed by atoms with Gasteiger partial charge in [-0.25, -0.2) is 19.2 Å². The maximum absolute atomic E-state index is 16.1. The highest BCUT2D eigenvalue weighted by molar-refractivity contribution is 6.10. The molecule has 8 aliphatic rings. The molecule has 4 unspecified atom stereocenters. The third-order valence-electron chi connectivity index (χ3n) is 27.9. The first-order chi connectivity index (χ1) is 40.8. The predicted octanol–water partition coefficient (Wildman–Crippen LogP) is 17.0. The Morgan fingerprint density at radius 3 is 0.686 bits per heavy atom. The van der Waals surface area contributed by atoms with E-state index in [1.807, 2.05) is 24.3 Å². The van der Waals surface area contributed by atoms with Gasteiger partial charge in [0.15, 0.2) is 0 Å². The van der Waals surface area contributed by atoms with Gasteiger partial charge in [-0.1, -0.05) is 204 Å². The molecule has 0 aromatic heterocycles. The van der Waals surface area contributed by atoms with Gasteiger partial charge in [-0.05, 0) is 157 Å². The Hall–Kier alpha value is -6.02. The van der Waals surface area contributed by atoms with Gasteiger partial charge in [0.05, 0.1) is 22.3 Å². The normalized spacial score (nSPS) is 36.7. The van der Waals surface area contributed by atoms with E-state index in [0.717, 1.165) is 77.0 Å². The fraction of sp³-hybridized carbons (Fsp3) is 0.564. The van der Waals surface area contributed by atoms with Crippen molar-refractivity contribution in [3.63, 3.8) is 0 Å². The zero-order valence-corrected chi connectivity index (χ0v) is 53.4. The summed E-state index contributed by atoms with van der Waals surface area (Å²) >= 11 is 0. The van der Waals surface area contributed by atoms with Crippen LogP contribution in [0.1, 0.15) is 198 Å².